The summed E-state index contributed by atoms with van der Waals surface area (Å²) in [5.41, 5.74) is 1.43. The Morgan fingerprint density at radius 1 is 0.600 bits per heavy atom. The molecule has 2 amide bonds. The molecule has 0 aliphatic rings. The van der Waals surface area contributed by atoms with Crippen molar-refractivity contribution >= 4 is 48.1 Å². The molecule has 11 nitrogen and oxygen atoms in total. The Hall–Kier alpha value is -4.80. The van der Waals surface area contributed by atoms with E-state index in [1.165, 1.54) is 0 Å². The number of carbonyl (C=O) groups is 6. The van der Waals surface area contributed by atoms with E-state index in [-0.39, 0.29) is 13.2 Å². The maximum Gasteiger partial charge on any atom is 0.434 e. The van der Waals surface area contributed by atoms with E-state index in [0.29, 0.717) is 23.6 Å². The van der Waals surface area contributed by atoms with Crippen molar-refractivity contribution in [1.29, 1.82) is 0 Å². The average molecular weight is 480 g/mol. The summed E-state index contributed by atoms with van der Waals surface area (Å²) >= 11 is 0. The van der Waals surface area contributed by atoms with Crippen LogP contribution in [0.2, 0.25) is 0 Å². The number of benzene rings is 2. The van der Waals surface area contributed by atoms with Gasteiger partial charge in [-0.3, -0.25) is 19.2 Å². The van der Waals surface area contributed by atoms with Crippen molar-refractivity contribution < 1.29 is 43.0 Å². The lowest BCUT2D eigenvalue weighted by Gasteiger charge is -2.01. The monoisotopic (exact) mass is 480 g/mol. The van der Waals surface area contributed by atoms with Gasteiger partial charge in [-0.25, -0.2) is 9.59 Å². The number of carbonyl (C=O) groups excluding carboxylic acids is 6. The van der Waals surface area contributed by atoms with Gasteiger partial charge in [-0.15, -0.1) is 0 Å². The van der Waals surface area contributed by atoms with Crippen LogP contribution in [-0.4, -0.2) is 48.1 Å². The normalized spacial score (nSPS) is 10.6. The maximum atomic E-state index is 11.7. The summed E-state index contributed by atoms with van der Waals surface area (Å²) in [5, 5.41) is 0. The molecular formula is C24H20N2O9. The van der Waals surface area contributed by atoms with Crippen LogP contribution < -0.4 is 0 Å². The van der Waals surface area contributed by atoms with E-state index in [9.17, 15) is 28.8 Å². The van der Waals surface area contributed by atoms with Crippen LogP contribution in [0.25, 0.3) is 0 Å². The summed E-state index contributed by atoms with van der Waals surface area (Å²) in [6.45, 7) is -0.104. The Balaban J connectivity index is 1.65. The third kappa shape index (κ3) is 11.6. The van der Waals surface area contributed by atoms with Crippen LogP contribution in [0.3, 0.4) is 0 Å². The Labute approximate surface area is 199 Å². The fraction of sp³-hybridized carbons (Fsp3) is 0.167. The fourth-order valence-electron chi connectivity index (χ4n) is 2.34. The number of hydrogen-bond donors (Lipinski definition) is 0. The quantitative estimate of drug-likeness (QED) is 0.216. The van der Waals surface area contributed by atoms with Crippen LogP contribution in [0.4, 0.5) is 9.59 Å². The van der Waals surface area contributed by atoms with Crippen molar-refractivity contribution in [3.63, 3.8) is 0 Å². The zero-order chi connectivity index (χ0) is 25.5. The van der Waals surface area contributed by atoms with Gasteiger partial charge in [-0.2, -0.15) is 9.98 Å². The second-order valence-corrected chi connectivity index (χ2v) is 6.73. The molecule has 0 fully saturated rings. The standard InChI is InChI=1S/C24H20N2O9/c27-19(13-25-23(31)33-15-17-7-3-1-4-8-17)11-21(29)35-22(30)12-20(28)14-26-24(32)34-16-18-9-5-2-6-10-18/h1-10,13-14H,11-12,15-16H2. The van der Waals surface area contributed by atoms with Crippen LogP contribution in [-0.2, 0) is 46.6 Å². The van der Waals surface area contributed by atoms with Crippen molar-refractivity contribution in [2.75, 3.05) is 0 Å². The smallest absolute Gasteiger partial charge is 0.434 e. The predicted octanol–water partition coefficient (Wildman–Crippen LogP) is 2.79. The zero-order valence-corrected chi connectivity index (χ0v) is 18.3. The van der Waals surface area contributed by atoms with Crippen molar-refractivity contribution in [1.82, 2.24) is 0 Å². The molecule has 0 saturated heterocycles. The molecule has 0 atom stereocenters. The molecule has 0 bridgehead atoms. The van der Waals surface area contributed by atoms with Crippen molar-refractivity contribution in [3.8, 4) is 0 Å². The lowest BCUT2D eigenvalue weighted by atomic mass is 10.2. The number of ketones is 2. The molecule has 180 valence electrons. The second-order valence-electron chi connectivity index (χ2n) is 6.73. The summed E-state index contributed by atoms with van der Waals surface area (Å²) in [6, 6.07) is 17.5. The van der Waals surface area contributed by atoms with E-state index in [4.69, 9.17) is 9.47 Å². The first kappa shape index (κ1) is 26.5. The minimum atomic E-state index is -1.25. The minimum Gasteiger partial charge on any atom is -0.443 e. The molecule has 0 aliphatic heterocycles. The summed E-state index contributed by atoms with van der Waals surface area (Å²) in [7, 11) is 0. The van der Waals surface area contributed by atoms with Crippen molar-refractivity contribution in [2.45, 2.75) is 26.1 Å². The molecule has 0 N–H and O–H groups in total. The van der Waals surface area contributed by atoms with Crippen molar-refractivity contribution in [2.24, 2.45) is 9.98 Å². The molecule has 0 aliphatic carbocycles. The van der Waals surface area contributed by atoms with Gasteiger partial charge in [-0.05, 0) is 11.1 Å². The number of esters is 2. The van der Waals surface area contributed by atoms with E-state index in [1.807, 2.05) is 0 Å². The topological polar surface area (TPSA) is 155 Å². The number of rotatable bonds is 10. The van der Waals surface area contributed by atoms with Gasteiger partial charge in [0.15, 0.2) is 11.6 Å². The summed E-state index contributed by atoms with van der Waals surface area (Å²) in [4.78, 5) is 76.1. The molecule has 2 aromatic rings. The second kappa shape index (κ2) is 14.4. The fourth-order valence-corrected chi connectivity index (χ4v) is 2.34. The lowest BCUT2D eigenvalue weighted by molar-refractivity contribution is -0.159. The maximum absolute atomic E-state index is 11.7. The van der Waals surface area contributed by atoms with E-state index in [1.54, 1.807) is 60.7 Å². The number of aliphatic imine (C=N–C) groups is 2. The van der Waals surface area contributed by atoms with Gasteiger partial charge in [0.1, 0.15) is 26.1 Å². The van der Waals surface area contributed by atoms with Crippen LogP contribution >= 0.6 is 0 Å². The third-order valence-corrected chi connectivity index (χ3v) is 3.90. The highest BCUT2D eigenvalue weighted by Gasteiger charge is 2.17. The molecule has 0 aromatic heterocycles. The third-order valence-electron chi connectivity index (χ3n) is 3.90. The van der Waals surface area contributed by atoms with Crippen LogP contribution in [0.5, 0.6) is 0 Å². The summed E-state index contributed by atoms with van der Waals surface area (Å²) in [5.74, 6) is -4.35. The van der Waals surface area contributed by atoms with Gasteiger partial charge in [0.2, 0.25) is 0 Å². The molecule has 0 heterocycles. The SMILES string of the molecule is O=C(C=NC(=O)OCc1ccccc1)CC(=O)OC(=O)CC(=O)C=NC(=O)OCc1ccccc1. The number of ether oxygens (including phenoxy) is 3. The Kier molecular flexibility index (Phi) is 10.9. The Morgan fingerprint density at radius 3 is 1.34 bits per heavy atom. The van der Waals surface area contributed by atoms with E-state index in [2.05, 4.69) is 14.7 Å². The predicted molar refractivity (Wildman–Crippen MR) is 121 cm³/mol. The number of amides is 2. The number of nitrogens with zero attached hydrogens (tertiary/aromatic N) is 2. The molecule has 2 rings (SSSR count). The summed E-state index contributed by atoms with van der Waals surface area (Å²) < 4.78 is 14.0. The van der Waals surface area contributed by atoms with Crippen LogP contribution in [0.15, 0.2) is 70.6 Å². The van der Waals surface area contributed by atoms with Gasteiger partial charge in [-0.1, -0.05) is 60.7 Å². The van der Waals surface area contributed by atoms with E-state index < -0.39 is 48.5 Å². The number of Topliss-reactive ketones (excluding diaryl/α,β-unsaturated/α-hetero) is 2. The molecule has 35 heavy (non-hydrogen) atoms. The van der Waals surface area contributed by atoms with Gasteiger partial charge in [0, 0.05) is 0 Å². The van der Waals surface area contributed by atoms with Gasteiger partial charge in [0.05, 0.1) is 12.4 Å². The number of hydrogen-bond acceptors (Lipinski definition) is 9. The molecule has 0 saturated carbocycles. The first-order valence-corrected chi connectivity index (χ1v) is 10.1. The Morgan fingerprint density at radius 2 is 0.971 bits per heavy atom. The van der Waals surface area contributed by atoms with Gasteiger partial charge < -0.3 is 14.2 Å². The largest absolute Gasteiger partial charge is 0.443 e. The lowest BCUT2D eigenvalue weighted by Crippen LogP contribution is -2.19. The molecule has 2 aromatic carbocycles. The summed E-state index contributed by atoms with van der Waals surface area (Å²) in [6.07, 6.45) is -2.74. The molecular weight excluding hydrogens is 460 g/mol. The highest BCUT2D eigenvalue weighted by atomic mass is 16.6. The molecule has 0 spiro atoms. The molecule has 11 heteroatoms. The molecule has 0 radical (unpaired) electrons. The highest BCUT2D eigenvalue weighted by molar-refractivity contribution is 6.34. The minimum absolute atomic E-state index is 0.0518. The Bertz CT molecular complexity index is 1040. The van der Waals surface area contributed by atoms with Gasteiger partial charge in [0.25, 0.3) is 0 Å². The first-order valence-electron chi connectivity index (χ1n) is 10.1. The van der Waals surface area contributed by atoms with Gasteiger partial charge >= 0.3 is 24.1 Å². The first-order chi connectivity index (χ1) is 16.8. The average Bonchev–Trinajstić information content (AvgIpc) is 2.84. The van der Waals surface area contributed by atoms with Crippen LogP contribution in [0, 0.1) is 0 Å². The van der Waals surface area contributed by atoms with E-state index in [0.717, 1.165) is 0 Å². The van der Waals surface area contributed by atoms with Crippen LogP contribution in [0.1, 0.15) is 24.0 Å². The van der Waals surface area contributed by atoms with E-state index >= 15 is 0 Å². The zero-order valence-electron chi connectivity index (χ0n) is 18.3. The highest BCUT2D eigenvalue weighted by Crippen LogP contribution is 2.02. The van der Waals surface area contributed by atoms with Crippen molar-refractivity contribution in [3.05, 3.63) is 71.8 Å². The molecule has 0 unspecified atom stereocenters.